The summed E-state index contributed by atoms with van der Waals surface area (Å²) in [6.45, 7) is 2.48. The molecule has 0 aromatic rings. The quantitative estimate of drug-likeness (QED) is 0.840. The van der Waals surface area contributed by atoms with Crippen LogP contribution < -0.4 is 0 Å². The number of amides is 2. The highest BCUT2D eigenvalue weighted by atomic mass is 32.2. The molecule has 2 fully saturated rings. The van der Waals surface area contributed by atoms with Gasteiger partial charge in [-0.25, -0.2) is 9.59 Å². The van der Waals surface area contributed by atoms with Gasteiger partial charge in [0.2, 0.25) is 0 Å². The van der Waals surface area contributed by atoms with E-state index in [9.17, 15) is 14.7 Å². The highest BCUT2D eigenvalue weighted by molar-refractivity contribution is 7.99. The Labute approximate surface area is 118 Å². The zero-order chi connectivity index (χ0) is 14.0. The minimum Gasteiger partial charge on any atom is -0.480 e. The minimum absolute atomic E-state index is 0.0292. The van der Waals surface area contributed by atoms with Gasteiger partial charge in [-0.05, 0) is 30.9 Å². The fourth-order valence-corrected chi connectivity index (χ4v) is 4.23. The first-order valence-electron chi connectivity index (χ1n) is 6.86. The van der Waals surface area contributed by atoms with Crippen molar-refractivity contribution in [3.63, 3.8) is 0 Å². The van der Waals surface area contributed by atoms with E-state index in [1.54, 1.807) is 16.8 Å². The van der Waals surface area contributed by atoms with Crippen molar-refractivity contribution in [2.24, 2.45) is 5.92 Å². The smallest absolute Gasteiger partial charge is 0.326 e. The molecule has 2 saturated heterocycles. The summed E-state index contributed by atoms with van der Waals surface area (Å²) in [5, 5.41) is 9.36. The van der Waals surface area contributed by atoms with E-state index in [4.69, 9.17) is 0 Å². The molecule has 2 amide bonds. The van der Waals surface area contributed by atoms with E-state index in [2.05, 4.69) is 0 Å². The second kappa shape index (κ2) is 6.03. The molecule has 0 aromatic carbocycles. The van der Waals surface area contributed by atoms with Crippen LogP contribution in [0.4, 0.5) is 4.79 Å². The maximum Gasteiger partial charge on any atom is 0.326 e. The van der Waals surface area contributed by atoms with Crippen molar-refractivity contribution >= 4 is 23.8 Å². The first kappa shape index (κ1) is 14.5. The van der Waals surface area contributed by atoms with Crippen molar-refractivity contribution in [1.29, 1.82) is 0 Å². The largest absolute Gasteiger partial charge is 0.480 e. The Bertz CT molecular complexity index is 358. The van der Waals surface area contributed by atoms with Crippen LogP contribution in [0.5, 0.6) is 0 Å². The van der Waals surface area contributed by atoms with Gasteiger partial charge >= 0.3 is 12.0 Å². The number of likely N-dealkylation sites (tertiary alicyclic amines) is 1. The van der Waals surface area contributed by atoms with E-state index in [-0.39, 0.29) is 18.0 Å². The summed E-state index contributed by atoms with van der Waals surface area (Å²) in [6.07, 6.45) is 2.78. The molecular weight excluding hydrogens is 264 g/mol. The molecule has 1 N–H and O–H groups in total. The topological polar surface area (TPSA) is 60.9 Å². The van der Waals surface area contributed by atoms with E-state index in [0.717, 1.165) is 30.8 Å². The summed E-state index contributed by atoms with van der Waals surface area (Å²) >= 11 is 1.85. The van der Waals surface area contributed by atoms with Crippen LogP contribution in [0.1, 0.15) is 26.2 Å². The maximum atomic E-state index is 12.5. The van der Waals surface area contributed by atoms with Gasteiger partial charge in [0.1, 0.15) is 6.04 Å². The fraction of sp³-hybridized carbons (Fsp3) is 0.846. The highest BCUT2D eigenvalue weighted by Gasteiger charge is 2.39. The number of carbonyl (C=O) groups excluding carboxylic acids is 1. The molecule has 0 spiro atoms. The van der Waals surface area contributed by atoms with Gasteiger partial charge in [0.25, 0.3) is 0 Å². The maximum absolute atomic E-state index is 12.5. The number of rotatable bonds is 2. The summed E-state index contributed by atoms with van der Waals surface area (Å²) < 4.78 is 0. The average Bonchev–Trinajstić information content (AvgIpc) is 2.90. The van der Waals surface area contributed by atoms with Gasteiger partial charge in [-0.1, -0.05) is 6.92 Å². The average molecular weight is 286 g/mol. The van der Waals surface area contributed by atoms with Crippen LogP contribution in [0.25, 0.3) is 0 Å². The second-order valence-corrected chi connectivity index (χ2v) is 6.66. The summed E-state index contributed by atoms with van der Waals surface area (Å²) in [4.78, 5) is 27.2. The van der Waals surface area contributed by atoms with Gasteiger partial charge in [-0.15, -0.1) is 0 Å². The van der Waals surface area contributed by atoms with Crippen LogP contribution in [-0.4, -0.2) is 64.1 Å². The summed E-state index contributed by atoms with van der Waals surface area (Å²) in [5.74, 6) is 1.20. The predicted molar refractivity (Wildman–Crippen MR) is 75.4 cm³/mol. The second-order valence-electron chi connectivity index (χ2n) is 5.51. The first-order chi connectivity index (χ1) is 9.02. The lowest BCUT2D eigenvalue weighted by atomic mass is 9.91. The van der Waals surface area contributed by atoms with Crippen molar-refractivity contribution in [3.05, 3.63) is 0 Å². The van der Waals surface area contributed by atoms with E-state index < -0.39 is 12.0 Å². The number of carboxylic acid groups (broad SMARTS) is 1. The van der Waals surface area contributed by atoms with Gasteiger partial charge in [0, 0.05) is 25.4 Å². The standard InChI is InChI=1S/C13H22N2O3S/c1-9-4-3-6-15(11(9)12(16)17)13(18)14(2)10-5-7-19-8-10/h9-11H,3-8H2,1-2H3,(H,16,17). The van der Waals surface area contributed by atoms with Gasteiger partial charge in [0.05, 0.1) is 0 Å². The van der Waals surface area contributed by atoms with Crippen LogP contribution in [0, 0.1) is 5.92 Å². The Hall–Kier alpha value is -0.910. The summed E-state index contributed by atoms with van der Waals surface area (Å²) in [5.41, 5.74) is 0. The lowest BCUT2D eigenvalue weighted by Gasteiger charge is -2.40. The fourth-order valence-electron chi connectivity index (χ4n) is 2.97. The number of aliphatic carboxylic acids is 1. The third kappa shape index (κ3) is 2.99. The minimum atomic E-state index is -0.880. The van der Waals surface area contributed by atoms with E-state index in [0.29, 0.717) is 6.54 Å². The number of nitrogens with zero attached hydrogens (tertiary/aromatic N) is 2. The Balaban J connectivity index is 2.08. The first-order valence-corrected chi connectivity index (χ1v) is 8.02. The molecule has 0 aromatic heterocycles. The van der Waals surface area contributed by atoms with Crippen LogP contribution in [0.2, 0.25) is 0 Å². The molecule has 19 heavy (non-hydrogen) atoms. The lowest BCUT2D eigenvalue weighted by Crippen LogP contribution is -2.56. The Morgan fingerprint density at radius 1 is 1.37 bits per heavy atom. The van der Waals surface area contributed by atoms with Gasteiger partial charge in [-0.3, -0.25) is 0 Å². The van der Waals surface area contributed by atoms with E-state index >= 15 is 0 Å². The molecule has 0 saturated carbocycles. The van der Waals surface area contributed by atoms with E-state index in [1.165, 1.54) is 0 Å². The predicted octanol–water partition coefficient (Wildman–Crippen LogP) is 1.73. The molecule has 5 nitrogen and oxygen atoms in total. The van der Waals surface area contributed by atoms with Crippen LogP contribution in [-0.2, 0) is 4.79 Å². The molecule has 2 aliphatic rings. The van der Waals surface area contributed by atoms with Crippen molar-refractivity contribution in [1.82, 2.24) is 9.80 Å². The number of urea groups is 1. The van der Waals surface area contributed by atoms with Crippen molar-refractivity contribution < 1.29 is 14.7 Å². The lowest BCUT2D eigenvalue weighted by molar-refractivity contribution is -0.145. The number of thioether (sulfide) groups is 1. The molecule has 108 valence electrons. The summed E-state index contributed by atoms with van der Waals surface area (Å²) in [7, 11) is 1.80. The normalized spacial score (nSPS) is 31.3. The Kier molecular flexibility index (Phi) is 4.60. The number of carboxylic acids is 1. The molecule has 0 radical (unpaired) electrons. The van der Waals surface area contributed by atoms with Crippen LogP contribution >= 0.6 is 11.8 Å². The van der Waals surface area contributed by atoms with Crippen molar-refractivity contribution in [3.8, 4) is 0 Å². The molecule has 0 bridgehead atoms. The van der Waals surface area contributed by atoms with Gasteiger partial charge in [-0.2, -0.15) is 11.8 Å². The molecule has 2 rings (SSSR count). The number of hydrogen-bond donors (Lipinski definition) is 1. The molecule has 2 aliphatic heterocycles. The highest BCUT2D eigenvalue weighted by Crippen LogP contribution is 2.27. The van der Waals surface area contributed by atoms with Crippen molar-refractivity contribution in [2.45, 2.75) is 38.3 Å². The van der Waals surface area contributed by atoms with Gasteiger partial charge < -0.3 is 14.9 Å². The molecule has 3 atom stereocenters. The Morgan fingerprint density at radius 2 is 2.11 bits per heavy atom. The van der Waals surface area contributed by atoms with Crippen LogP contribution in [0.15, 0.2) is 0 Å². The molecule has 6 heteroatoms. The van der Waals surface area contributed by atoms with E-state index in [1.807, 2.05) is 18.7 Å². The molecular formula is C13H22N2O3S. The zero-order valence-corrected chi connectivity index (χ0v) is 12.4. The Morgan fingerprint density at radius 3 is 2.68 bits per heavy atom. The SMILES string of the molecule is CC1CCCN(C(=O)N(C)C2CCSC2)C1C(=O)O. The third-order valence-electron chi connectivity index (χ3n) is 4.19. The number of carbonyl (C=O) groups is 2. The molecule has 0 aliphatic carbocycles. The zero-order valence-electron chi connectivity index (χ0n) is 11.5. The third-order valence-corrected chi connectivity index (χ3v) is 5.33. The molecule has 2 heterocycles. The number of piperidine rings is 1. The summed E-state index contributed by atoms with van der Waals surface area (Å²) in [6, 6.07) is -0.534. The van der Waals surface area contributed by atoms with Crippen LogP contribution in [0.3, 0.4) is 0 Å². The number of hydrogen-bond acceptors (Lipinski definition) is 3. The van der Waals surface area contributed by atoms with Gasteiger partial charge in [0.15, 0.2) is 0 Å². The van der Waals surface area contributed by atoms with Crippen molar-refractivity contribution in [2.75, 3.05) is 25.1 Å². The monoisotopic (exact) mass is 286 g/mol. The molecule has 3 unspecified atom stereocenters.